The molecule has 0 radical (unpaired) electrons. The smallest absolute Gasteiger partial charge is 0.395 e. The van der Waals surface area contributed by atoms with Crippen LogP contribution in [0.3, 0.4) is 0 Å². The van der Waals surface area contributed by atoms with Crippen molar-refractivity contribution in [3.05, 3.63) is 23.8 Å². The number of sulfone groups is 1. The van der Waals surface area contributed by atoms with Crippen LogP contribution >= 0.6 is 0 Å². The van der Waals surface area contributed by atoms with Gasteiger partial charge in [-0.3, -0.25) is 0 Å². The van der Waals surface area contributed by atoms with Crippen LogP contribution in [-0.4, -0.2) is 50.8 Å². The normalized spacial score (nSPS) is 26.1. The summed E-state index contributed by atoms with van der Waals surface area (Å²) < 4.78 is 58.4. The molecule has 4 rings (SSSR count). The topological polar surface area (TPSA) is 55.8 Å². The zero-order chi connectivity index (χ0) is 18.4. The lowest BCUT2D eigenvalue weighted by atomic mass is 9.74. The van der Waals surface area contributed by atoms with Crippen molar-refractivity contribution in [3.8, 4) is 11.5 Å². The van der Waals surface area contributed by atoms with Crippen LogP contribution in [0.15, 0.2) is 18.2 Å². The molecule has 3 heterocycles. The first-order chi connectivity index (χ1) is 12.2. The zero-order valence-corrected chi connectivity index (χ0v) is 15.4. The molecule has 3 aliphatic heterocycles. The Morgan fingerprint density at radius 1 is 1.00 bits per heavy atom. The summed E-state index contributed by atoms with van der Waals surface area (Å²) in [4.78, 5) is 2.37. The molecule has 2 fully saturated rings. The summed E-state index contributed by atoms with van der Waals surface area (Å²) in [6.07, 6.45) is 0.837. The summed E-state index contributed by atoms with van der Waals surface area (Å²) >= 11 is 0. The van der Waals surface area contributed by atoms with E-state index in [9.17, 15) is 17.2 Å². The van der Waals surface area contributed by atoms with Crippen molar-refractivity contribution in [1.29, 1.82) is 0 Å². The first-order valence-electron chi connectivity index (χ1n) is 9.06. The van der Waals surface area contributed by atoms with Crippen molar-refractivity contribution in [2.24, 2.45) is 5.41 Å². The molecule has 0 bridgehead atoms. The second kappa shape index (κ2) is 6.34. The second-order valence-corrected chi connectivity index (χ2v) is 10.00. The Labute approximate surface area is 152 Å². The van der Waals surface area contributed by atoms with Crippen molar-refractivity contribution >= 4 is 9.84 Å². The molecular formula is C18H23F2NO4S. The van der Waals surface area contributed by atoms with Crippen LogP contribution < -0.4 is 9.47 Å². The highest BCUT2D eigenvalue weighted by atomic mass is 32.2. The van der Waals surface area contributed by atoms with E-state index in [1.165, 1.54) is 6.07 Å². The number of hydrogen-bond donors (Lipinski definition) is 0. The van der Waals surface area contributed by atoms with E-state index in [0.29, 0.717) is 11.5 Å². The third-order valence-electron chi connectivity index (χ3n) is 5.99. The number of fused-ring (bicyclic) bond motifs is 1. The Hall–Kier alpha value is -1.41. The SMILES string of the molecule is O=S1(=O)CCC2(CCN(CCc3ccc4c(c3)OC(F)(F)O4)CC2)CC1. The van der Waals surface area contributed by atoms with Gasteiger partial charge in [0.15, 0.2) is 11.5 Å². The number of likely N-dealkylation sites (tertiary alicyclic amines) is 1. The fourth-order valence-corrected chi connectivity index (χ4v) is 5.85. The lowest BCUT2D eigenvalue weighted by Gasteiger charge is -2.44. The van der Waals surface area contributed by atoms with E-state index in [2.05, 4.69) is 14.4 Å². The van der Waals surface area contributed by atoms with Gasteiger partial charge in [-0.25, -0.2) is 8.42 Å². The number of ether oxygens (including phenoxy) is 2. The molecule has 1 aromatic rings. The molecule has 0 saturated carbocycles. The molecule has 8 heteroatoms. The summed E-state index contributed by atoms with van der Waals surface area (Å²) in [7, 11) is -2.82. The van der Waals surface area contributed by atoms with Gasteiger partial charge in [0.2, 0.25) is 0 Å². The Bertz CT molecular complexity index is 772. The van der Waals surface area contributed by atoms with Crippen LogP contribution in [0.1, 0.15) is 31.2 Å². The van der Waals surface area contributed by atoms with Crippen molar-refractivity contribution in [3.63, 3.8) is 0 Å². The van der Waals surface area contributed by atoms with Gasteiger partial charge in [-0.05, 0) is 68.3 Å². The maximum absolute atomic E-state index is 13.1. The first-order valence-corrected chi connectivity index (χ1v) is 10.9. The van der Waals surface area contributed by atoms with Gasteiger partial charge in [0.25, 0.3) is 0 Å². The highest BCUT2D eigenvalue weighted by Gasteiger charge is 2.43. The minimum atomic E-state index is -3.57. The van der Waals surface area contributed by atoms with Crippen LogP contribution in [0.2, 0.25) is 0 Å². The third kappa shape index (κ3) is 3.81. The minimum Gasteiger partial charge on any atom is -0.395 e. The predicted octanol–water partition coefficient (Wildman–Crippen LogP) is 2.84. The van der Waals surface area contributed by atoms with E-state index in [-0.39, 0.29) is 16.9 Å². The van der Waals surface area contributed by atoms with E-state index >= 15 is 0 Å². The van der Waals surface area contributed by atoms with Gasteiger partial charge in [-0.15, -0.1) is 8.78 Å². The van der Waals surface area contributed by atoms with Crippen LogP contribution in [0.5, 0.6) is 11.5 Å². The van der Waals surface area contributed by atoms with Crippen molar-refractivity contribution in [2.75, 3.05) is 31.1 Å². The number of piperidine rings is 1. The number of rotatable bonds is 3. The van der Waals surface area contributed by atoms with E-state index in [1.807, 2.05) is 0 Å². The molecule has 0 aliphatic carbocycles. The number of benzene rings is 1. The number of alkyl halides is 2. The highest BCUT2D eigenvalue weighted by molar-refractivity contribution is 7.91. The molecular weight excluding hydrogens is 364 g/mol. The highest BCUT2D eigenvalue weighted by Crippen LogP contribution is 2.43. The molecule has 26 heavy (non-hydrogen) atoms. The summed E-state index contributed by atoms with van der Waals surface area (Å²) in [6.45, 7) is 2.77. The average molecular weight is 387 g/mol. The fourth-order valence-electron chi connectivity index (χ4n) is 4.16. The van der Waals surface area contributed by atoms with Crippen LogP contribution in [0.25, 0.3) is 0 Å². The van der Waals surface area contributed by atoms with Crippen LogP contribution in [0, 0.1) is 5.41 Å². The van der Waals surface area contributed by atoms with Gasteiger partial charge in [0.1, 0.15) is 9.84 Å². The van der Waals surface area contributed by atoms with Gasteiger partial charge >= 0.3 is 6.29 Å². The third-order valence-corrected chi connectivity index (χ3v) is 7.64. The number of nitrogens with zero attached hydrogens (tertiary/aromatic N) is 1. The Balaban J connectivity index is 1.28. The molecule has 0 aromatic heterocycles. The maximum Gasteiger partial charge on any atom is 0.586 e. The van der Waals surface area contributed by atoms with Crippen molar-refractivity contribution in [2.45, 2.75) is 38.4 Å². The molecule has 5 nitrogen and oxygen atoms in total. The average Bonchev–Trinajstić information content (AvgIpc) is 2.90. The van der Waals surface area contributed by atoms with Gasteiger partial charge in [0, 0.05) is 6.54 Å². The van der Waals surface area contributed by atoms with Gasteiger partial charge in [0.05, 0.1) is 11.5 Å². The molecule has 1 spiro atoms. The van der Waals surface area contributed by atoms with Crippen molar-refractivity contribution < 1.29 is 26.7 Å². The predicted molar refractivity (Wildman–Crippen MR) is 92.3 cm³/mol. The molecule has 0 amide bonds. The summed E-state index contributed by atoms with van der Waals surface area (Å²) in [5, 5.41) is 0. The molecule has 0 N–H and O–H groups in total. The first kappa shape index (κ1) is 18.0. The van der Waals surface area contributed by atoms with E-state index in [4.69, 9.17) is 0 Å². The molecule has 3 aliphatic rings. The Morgan fingerprint density at radius 2 is 1.65 bits per heavy atom. The molecule has 0 unspecified atom stereocenters. The summed E-state index contributed by atoms with van der Waals surface area (Å²) in [5.74, 6) is 0.823. The summed E-state index contributed by atoms with van der Waals surface area (Å²) in [5.41, 5.74) is 1.14. The van der Waals surface area contributed by atoms with Gasteiger partial charge in [-0.2, -0.15) is 0 Å². The largest absolute Gasteiger partial charge is 0.586 e. The monoisotopic (exact) mass is 387 g/mol. The molecule has 144 valence electrons. The maximum atomic E-state index is 13.1. The Morgan fingerprint density at radius 3 is 2.35 bits per heavy atom. The van der Waals surface area contributed by atoms with Gasteiger partial charge < -0.3 is 14.4 Å². The molecule has 0 atom stereocenters. The number of hydrogen-bond acceptors (Lipinski definition) is 5. The molecule has 1 aromatic carbocycles. The second-order valence-electron chi connectivity index (χ2n) is 7.69. The van der Waals surface area contributed by atoms with Gasteiger partial charge in [-0.1, -0.05) is 6.07 Å². The van der Waals surface area contributed by atoms with Crippen molar-refractivity contribution in [1.82, 2.24) is 4.90 Å². The van der Waals surface area contributed by atoms with Crippen LogP contribution in [-0.2, 0) is 16.3 Å². The van der Waals surface area contributed by atoms with E-state index < -0.39 is 16.1 Å². The lowest BCUT2D eigenvalue weighted by Crippen LogP contribution is -2.44. The number of halogens is 2. The Kier molecular flexibility index (Phi) is 4.38. The molecule has 2 saturated heterocycles. The quantitative estimate of drug-likeness (QED) is 0.798. The minimum absolute atomic E-state index is 0.0749. The zero-order valence-electron chi connectivity index (χ0n) is 14.5. The van der Waals surface area contributed by atoms with E-state index in [0.717, 1.165) is 57.3 Å². The lowest BCUT2D eigenvalue weighted by molar-refractivity contribution is -0.286. The fraction of sp³-hybridized carbons (Fsp3) is 0.667. The van der Waals surface area contributed by atoms with E-state index in [1.54, 1.807) is 12.1 Å². The summed E-state index contributed by atoms with van der Waals surface area (Å²) in [6, 6.07) is 4.94. The standard InChI is InChI=1S/C18H23F2NO4S/c19-18(20)24-15-2-1-14(13-16(15)25-18)3-8-21-9-4-17(5-10-21)6-11-26(22,23)12-7-17/h1-2,13H,3-12H2. The van der Waals surface area contributed by atoms with Crippen LogP contribution in [0.4, 0.5) is 8.78 Å².